The number of piperidine rings is 1. The number of nitrogens with zero attached hydrogens (tertiary/aromatic N) is 1. The second-order valence-corrected chi connectivity index (χ2v) is 6.78. The van der Waals surface area contributed by atoms with Crippen LogP contribution in [0.1, 0.15) is 34.3 Å². The molecule has 26 heavy (non-hydrogen) atoms. The van der Waals surface area contributed by atoms with E-state index < -0.39 is 0 Å². The fraction of sp³-hybridized carbons (Fsp3) is 0.400. The molecule has 0 aliphatic carbocycles. The van der Waals surface area contributed by atoms with E-state index >= 15 is 0 Å². The van der Waals surface area contributed by atoms with Crippen molar-refractivity contribution in [3.05, 3.63) is 59.4 Å². The van der Waals surface area contributed by atoms with Gasteiger partial charge in [-0.2, -0.15) is 0 Å². The van der Waals surface area contributed by atoms with E-state index in [4.69, 9.17) is 4.74 Å². The quantitative estimate of drug-likeness (QED) is 0.865. The molecule has 1 fully saturated rings. The van der Waals surface area contributed by atoms with Gasteiger partial charge < -0.3 is 19.9 Å². The Morgan fingerprint density at radius 3 is 2.58 bits per heavy atom. The van der Waals surface area contributed by atoms with Crippen molar-refractivity contribution >= 4 is 12.0 Å². The van der Waals surface area contributed by atoms with E-state index in [0.717, 1.165) is 18.4 Å². The van der Waals surface area contributed by atoms with Crippen LogP contribution in [0, 0.1) is 12.8 Å². The number of aromatic amines is 1. The van der Waals surface area contributed by atoms with Crippen molar-refractivity contribution in [2.24, 2.45) is 5.92 Å². The van der Waals surface area contributed by atoms with E-state index in [0.29, 0.717) is 37.7 Å². The highest BCUT2D eigenvalue weighted by atomic mass is 16.6. The second kappa shape index (κ2) is 8.56. The van der Waals surface area contributed by atoms with Crippen LogP contribution in [-0.4, -0.2) is 41.5 Å². The summed E-state index contributed by atoms with van der Waals surface area (Å²) in [5.41, 5.74) is 2.82. The molecule has 1 aromatic heterocycles. The van der Waals surface area contributed by atoms with Crippen LogP contribution in [0.5, 0.6) is 0 Å². The Morgan fingerprint density at radius 2 is 1.92 bits per heavy atom. The third-order valence-electron chi connectivity index (χ3n) is 4.77. The number of carbonyl (C=O) groups is 2. The highest BCUT2D eigenvalue weighted by molar-refractivity contribution is 5.93. The number of nitrogens with one attached hydrogen (secondary N) is 2. The number of amides is 2. The van der Waals surface area contributed by atoms with Gasteiger partial charge in [0.1, 0.15) is 6.61 Å². The molecule has 0 radical (unpaired) electrons. The maximum Gasteiger partial charge on any atom is 0.410 e. The van der Waals surface area contributed by atoms with Crippen molar-refractivity contribution in [2.75, 3.05) is 19.6 Å². The van der Waals surface area contributed by atoms with E-state index in [9.17, 15) is 9.59 Å². The molecule has 0 spiro atoms. The Bertz CT molecular complexity index is 717. The summed E-state index contributed by atoms with van der Waals surface area (Å²) in [5, 5.41) is 2.96. The number of hydrogen-bond acceptors (Lipinski definition) is 3. The Balaban J connectivity index is 1.37. The van der Waals surface area contributed by atoms with Gasteiger partial charge in [-0.3, -0.25) is 4.79 Å². The number of hydrogen-bond donors (Lipinski definition) is 2. The van der Waals surface area contributed by atoms with Crippen LogP contribution in [0.15, 0.2) is 42.7 Å². The summed E-state index contributed by atoms with van der Waals surface area (Å²) in [6, 6.07) is 9.72. The summed E-state index contributed by atoms with van der Waals surface area (Å²) < 4.78 is 5.40. The molecular formula is C20H25N3O3. The molecule has 2 heterocycles. The maximum atomic E-state index is 12.2. The summed E-state index contributed by atoms with van der Waals surface area (Å²) in [6.45, 7) is 4.29. The first-order valence-corrected chi connectivity index (χ1v) is 9.00. The van der Waals surface area contributed by atoms with Gasteiger partial charge >= 0.3 is 6.09 Å². The number of likely N-dealkylation sites (tertiary alicyclic amines) is 1. The topological polar surface area (TPSA) is 74.4 Å². The molecule has 1 aliphatic heterocycles. The molecule has 2 N–H and O–H groups in total. The second-order valence-electron chi connectivity index (χ2n) is 6.78. The van der Waals surface area contributed by atoms with Crippen molar-refractivity contribution < 1.29 is 14.3 Å². The predicted molar refractivity (Wildman–Crippen MR) is 98.8 cm³/mol. The van der Waals surface area contributed by atoms with Crippen LogP contribution in [0.25, 0.3) is 0 Å². The molecule has 6 heteroatoms. The van der Waals surface area contributed by atoms with Crippen LogP contribution in [-0.2, 0) is 11.3 Å². The van der Waals surface area contributed by atoms with Crippen molar-refractivity contribution in [1.82, 2.24) is 15.2 Å². The molecule has 3 rings (SSSR count). The number of rotatable bonds is 5. The van der Waals surface area contributed by atoms with E-state index in [-0.39, 0.29) is 12.0 Å². The van der Waals surface area contributed by atoms with Gasteiger partial charge in [0, 0.05) is 32.0 Å². The monoisotopic (exact) mass is 355 g/mol. The molecule has 138 valence electrons. The van der Waals surface area contributed by atoms with Crippen molar-refractivity contribution in [1.29, 1.82) is 0 Å². The zero-order valence-electron chi connectivity index (χ0n) is 15.0. The lowest BCUT2D eigenvalue weighted by Crippen LogP contribution is -2.41. The Morgan fingerprint density at radius 1 is 1.19 bits per heavy atom. The summed E-state index contributed by atoms with van der Waals surface area (Å²) >= 11 is 0. The maximum absolute atomic E-state index is 12.2. The number of carbonyl (C=O) groups excluding carboxylic acids is 2. The van der Waals surface area contributed by atoms with Crippen molar-refractivity contribution in [3.63, 3.8) is 0 Å². The highest BCUT2D eigenvalue weighted by Gasteiger charge is 2.24. The van der Waals surface area contributed by atoms with E-state index in [2.05, 4.69) is 10.3 Å². The number of aromatic nitrogens is 1. The Labute approximate surface area is 153 Å². The average Bonchev–Trinajstić information content (AvgIpc) is 3.21. The molecule has 0 bridgehead atoms. The lowest BCUT2D eigenvalue weighted by Gasteiger charge is -2.31. The first-order valence-electron chi connectivity index (χ1n) is 9.00. The molecule has 1 aromatic carbocycles. The number of H-pyrrole nitrogens is 1. The van der Waals surface area contributed by atoms with Gasteiger partial charge in [-0.05, 0) is 37.3 Å². The summed E-state index contributed by atoms with van der Waals surface area (Å²) in [7, 11) is 0. The minimum Gasteiger partial charge on any atom is -0.445 e. The number of aryl methyl sites for hydroxylation is 1. The van der Waals surface area contributed by atoms with Gasteiger partial charge in [-0.15, -0.1) is 0 Å². The van der Waals surface area contributed by atoms with Gasteiger partial charge in [0.05, 0.1) is 5.56 Å². The van der Waals surface area contributed by atoms with Gasteiger partial charge in [0.2, 0.25) is 0 Å². The fourth-order valence-corrected chi connectivity index (χ4v) is 3.04. The predicted octanol–water partition coefficient (Wildman–Crippen LogP) is 3.10. The Kier molecular flexibility index (Phi) is 5.94. The molecule has 6 nitrogen and oxygen atoms in total. The van der Waals surface area contributed by atoms with Crippen LogP contribution >= 0.6 is 0 Å². The molecule has 0 unspecified atom stereocenters. The molecule has 1 saturated heterocycles. The van der Waals surface area contributed by atoms with E-state index in [1.807, 2.05) is 31.2 Å². The van der Waals surface area contributed by atoms with Crippen molar-refractivity contribution in [3.8, 4) is 0 Å². The fourth-order valence-electron chi connectivity index (χ4n) is 3.04. The van der Waals surface area contributed by atoms with Crippen LogP contribution < -0.4 is 5.32 Å². The van der Waals surface area contributed by atoms with E-state index in [1.54, 1.807) is 23.4 Å². The van der Waals surface area contributed by atoms with Crippen LogP contribution in [0.2, 0.25) is 0 Å². The van der Waals surface area contributed by atoms with E-state index in [1.165, 1.54) is 5.56 Å². The van der Waals surface area contributed by atoms with Crippen LogP contribution in [0.3, 0.4) is 0 Å². The molecule has 0 atom stereocenters. The zero-order chi connectivity index (χ0) is 18.4. The normalized spacial score (nSPS) is 14.9. The number of ether oxygens (including phenoxy) is 1. The molecule has 2 aromatic rings. The summed E-state index contributed by atoms with van der Waals surface area (Å²) in [4.78, 5) is 28.8. The SMILES string of the molecule is Cc1ccc(COC(=O)N2CCC(CNC(=O)c3cc[nH]c3)CC2)cc1. The van der Waals surface area contributed by atoms with Crippen LogP contribution in [0.4, 0.5) is 4.79 Å². The average molecular weight is 355 g/mol. The van der Waals surface area contributed by atoms with Crippen molar-refractivity contribution in [2.45, 2.75) is 26.4 Å². The zero-order valence-corrected chi connectivity index (χ0v) is 15.0. The highest BCUT2D eigenvalue weighted by Crippen LogP contribution is 2.18. The summed E-state index contributed by atoms with van der Waals surface area (Å²) in [5.74, 6) is 0.324. The third-order valence-corrected chi connectivity index (χ3v) is 4.77. The largest absolute Gasteiger partial charge is 0.445 e. The standard InChI is InChI=1S/C20H25N3O3/c1-15-2-4-17(5-3-15)14-26-20(25)23-10-7-16(8-11-23)12-22-19(24)18-6-9-21-13-18/h2-6,9,13,16,21H,7-8,10-12,14H2,1H3,(H,22,24). The first kappa shape index (κ1) is 18.0. The lowest BCUT2D eigenvalue weighted by molar-refractivity contribution is 0.0801. The van der Waals surface area contributed by atoms with Gasteiger partial charge in [0.15, 0.2) is 0 Å². The molecular weight excluding hydrogens is 330 g/mol. The third kappa shape index (κ3) is 4.88. The minimum atomic E-state index is -0.264. The molecule has 1 aliphatic rings. The summed E-state index contributed by atoms with van der Waals surface area (Å²) in [6.07, 6.45) is 4.89. The smallest absolute Gasteiger partial charge is 0.410 e. The molecule has 0 saturated carbocycles. The first-order chi connectivity index (χ1) is 12.6. The van der Waals surface area contributed by atoms with Gasteiger partial charge in [-0.1, -0.05) is 29.8 Å². The van der Waals surface area contributed by atoms with Gasteiger partial charge in [0.25, 0.3) is 5.91 Å². The molecule has 2 amide bonds. The minimum absolute atomic E-state index is 0.0637. The number of benzene rings is 1. The Hall–Kier alpha value is -2.76. The lowest BCUT2D eigenvalue weighted by atomic mass is 9.97. The van der Waals surface area contributed by atoms with Gasteiger partial charge in [-0.25, -0.2) is 4.79 Å².